The number of anilines is 1. The Morgan fingerprint density at radius 3 is 1.78 bits per heavy atom. The van der Waals surface area contributed by atoms with Crippen LogP contribution in [-0.2, 0) is 0 Å². The van der Waals surface area contributed by atoms with E-state index in [0.717, 1.165) is 5.69 Å². The number of rotatable bonds is 1. The molecule has 0 aliphatic heterocycles. The van der Waals surface area contributed by atoms with Gasteiger partial charge in [0.25, 0.3) is 0 Å². The lowest BCUT2D eigenvalue weighted by molar-refractivity contribution is 1.14. The van der Waals surface area contributed by atoms with Gasteiger partial charge in [-0.25, -0.2) is 9.97 Å². The first-order valence-electron chi connectivity index (χ1n) is 6.08. The molecule has 3 heteroatoms. The van der Waals surface area contributed by atoms with E-state index in [-0.39, 0.29) is 0 Å². The second-order valence-electron chi connectivity index (χ2n) is 4.83. The molecule has 1 aromatic heterocycles. The first-order chi connectivity index (χ1) is 8.43. The summed E-state index contributed by atoms with van der Waals surface area (Å²) in [5.41, 5.74) is 14.4. The van der Waals surface area contributed by atoms with E-state index in [1.165, 1.54) is 39.7 Å². The van der Waals surface area contributed by atoms with Crippen LogP contribution in [0.5, 0.6) is 0 Å². The highest BCUT2D eigenvalue weighted by Gasteiger charge is 2.14. The van der Waals surface area contributed by atoms with Crippen LogP contribution < -0.4 is 5.73 Å². The molecule has 2 N–H and O–H groups in total. The molecule has 2 aromatic rings. The van der Waals surface area contributed by atoms with Gasteiger partial charge in [-0.15, -0.1) is 0 Å². The predicted molar refractivity (Wildman–Crippen MR) is 75.6 cm³/mol. The maximum absolute atomic E-state index is 5.75. The lowest BCUT2D eigenvalue weighted by Crippen LogP contribution is -2.01. The molecule has 3 nitrogen and oxygen atoms in total. The summed E-state index contributed by atoms with van der Waals surface area (Å²) >= 11 is 0. The van der Waals surface area contributed by atoms with Crippen LogP contribution in [-0.4, -0.2) is 9.97 Å². The third kappa shape index (κ3) is 1.86. The SMILES string of the molecule is Cc1c(C)c(C)c(-c2cc(N)ncn2)c(C)c1C. The van der Waals surface area contributed by atoms with Gasteiger partial charge in [0.2, 0.25) is 0 Å². The van der Waals surface area contributed by atoms with Gasteiger partial charge in [-0.3, -0.25) is 0 Å². The van der Waals surface area contributed by atoms with Gasteiger partial charge < -0.3 is 5.73 Å². The van der Waals surface area contributed by atoms with E-state index in [2.05, 4.69) is 44.6 Å². The fourth-order valence-corrected chi connectivity index (χ4v) is 2.39. The molecule has 0 unspecified atom stereocenters. The lowest BCUT2D eigenvalue weighted by Gasteiger charge is -2.18. The molecule has 0 saturated heterocycles. The van der Waals surface area contributed by atoms with Crippen LogP contribution in [0.2, 0.25) is 0 Å². The highest BCUT2D eigenvalue weighted by molar-refractivity contribution is 5.73. The van der Waals surface area contributed by atoms with E-state index in [1.807, 2.05) is 6.07 Å². The highest BCUT2D eigenvalue weighted by atomic mass is 14.9. The van der Waals surface area contributed by atoms with E-state index >= 15 is 0 Å². The fourth-order valence-electron chi connectivity index (χ4n) is 2.39. The molecule has 0 radical (unpaired) electrons. The maximum atomic E-state index is 5.75. The van der Waals surface area contributed by atoms with Crippen molar-refractivity contribution in [2.24, 2.45) is 0 Å². The molecule has 1 aromatic carbocycles. The van der Waals surface area contributed by atoms with Crippen LogP contribution in [0.3, 0.4) is 0 Å². The van der Waals surface area contributed by atoms with E-state index in [1.54, 1.807) is 0 Å². The average Bonchev–Trinajstić information content (AvgIpc) is 2.34. The molecule has 0 spiro atoms. The minimum absolute atomic E-state index is 0.509. The third-order valence-corrected chi connectivity index (χ3v) is 3.94. The monoisotopic (exact) mass is 241 g/mol. The van der Waals surface area contributed by atoms with Crippen molar-refractivity contribution in [2.45, 2.75) is 34.6 Å². The molecular formula is C15H19N3. The summed E-state index contributed by atoms with van der Waals surface area (Å²) in [5, 5.41) is 0. The Bertz CT molecular complexity index is 586. The molecule has 2 rings (SSSR count). The smallest absolute Gasteiger partial charge is 0.127 e. The van der Waals surface area contributed by atoms with Crippen molar-refractivity contribution in [3.63, 3.8) is 0 Å². The normalized spacial score (nSPS) is 10.7. The summed E-state index contributed by atoms with van der Waals surface area (Å²) < 4.78 is 0. The Balaban J connectivity index is 2.80. The van der Waals surface area contributed by atoms with Crippen LogP contribution in [0.25, 0.3) is 11.3 Å². The fraction of sp³-hybridized carbons (Fsp3) is 0.333. The summed E-state index contributed by atoms with van der Waals surface area (Å²) in [6.07, 6.45) is 1.52. The Morgan fingerprint density at radius 1 is 0.778 bits per heavy atom. The molecule has 0 aliphatic rings. The zero-order chi connectivity index (χ0) is 13.4. The van der Waals surface area contributed by atoms with Gasteiger partial charge in [0, 0.05) is 11.6 Å². The van der Waals surface area contributed by atoms with E-state index < -0.39 is 0 Å². The molecule has 1 heterocycles. The van der Waals surface area contributed by atoms with Gasteiger partial charge in [0.15, 0.2) is 0 Å². The number of nitrogens with two attached hydrogens (primary N) is 1. The van der Waals surface area contributed by atoms with Crippen molar-refractivity contribution in [2.75, 3.05) is 5.73 Å². The second-order valence-corrected chi connectivity index (χ2v) is 4.83. The second kappa shape index (κ2) is 4.41. The van der Waals surface area contributed by atoms with Crippen molar-refractivity contribution >= 4 is 5.82 Å². The summed E-state index contributed by atoms with van der Waals surface area (Å²) in [4.78, 5) is 8.31. The zero-order valence-electron chi connectivity index (χ0n) is 11.6. The predicted octanol–water partition coefficient (Wildman–Crippen LogP) is 3.27. The number of nitrogen functional groups attached to an aromatic ring is 1. The highest BCUT2D eigenvalue weighted by Crippen LogP contribution is 2.33. The summed E-state index contributed by atoms with van der Waals surface area (Å²) in [5.74, 6) is 0.509. The van der Waals surface area contributed by atoms with Crippen molar-refractivity contribution in [1.29, 1.82) is 0 Å². The molecule has 0 atom stereocenters. The standard InChI is InChI=1S/C15H19N3/c1-8-9(2)11(4)15(12(5)10(8)3)13-6-14(16)18-7-17-13/h6-7H,1-5H3,(H2,16,17,18). The van der Waals surface area contributed by atoms with Gasteiger partial charge in [-0.05, 0) is 62.4 Å². The van der Waals surface area contributed by atoms with Gasteiger partial charge in [-0.2, -0.15) is 0 Å². The molecule has 0 fully saturated rings. The van der Waals surface area contributed by atoms with Gasteiger partial charge in [0.1, 0.15) is 12.1 Å². The number of hydrogen-bond acceptors (Lipinski definition) is 3. The van der Waals surface area contributed by atoms with E-state index in [9.17, 15) is 0 Å². The zero-order valence-corrected chi connectivity index (χ0v) is 11.6. The Kier molecular flexibility index (Phi) is 3.07. The number of hydrogen-bond donors (Lipinski definition) is 1. The Hall–Kier alpha value is -1.90. The van der Waals surface area contributed by atoms with Crippen molar-refractivity contribution in [1.82, 2.24) is 9.97 Å². The summed E-state index contributed by atoms with van der Waals surface area (Å²) in [6.45, 7) is 10.8. The first kappa shape index (κ1) is 12.6. The van der Waals surface area contributed by atoms with Gasteiger partial charge in [0.05, 0.1) is 5.69 Å². The van der Waals surface area contributed by atoms with Crippen molar-refractivity contribution < 1.29 is 0 Å². The van der Waals surface area contributed by atoms with Crippen molar-refractivity contribution in [3.8, 4) is 11.3 Å². The minimum atomic E-state index is 0.509. The maximum Gasteiger partial charge on any atom is 0.127 e. The summed E-state index contributed by atoms with van der Waals surface area (Å²) in [7, 11) is 0. The van der Waals surface area contributed by atoms with Gasteiger partial charge >= 0.3 is 0 Å². The summed E-state index contributed by atoms with van der Waals surface area (Å²) in [6, 6.07) is 1.84. The molecule has 0 amide bonds. The topological polar surface area (TPSA) is 51.8 Å². The molecule has 0 bridgehead atoms. The largest absolute Gasteiger partial charge is 0.384 e. The quantitative estimate of drug-likeness (QED) is 0.833. The molecule has 18 heavy (non-hydrogen) atoms. The van der Waals surface area contributed by atoms with Crippen LogP contribution in [0, 0.1) is 34.6 Å². The van der Waals surface area contributed by atoms with Crippen molar-refractivity contribution in [3.05, 3.63) is 40.2 Å². The van der Waals surface area contributed by atoms with E-state index in [4.69, 9.17) is 5.73 Å². The number of benzene rings is 1. The number of nitrogens with zero attached hydrogens (tertiary/aromatic N) is 2. The molecule has 0 saturated carbocycles. The van der Waals surface area contributed by atoms with E-state index in [0.29, 0.717) is 5.82 Å². The van der Waals surface area contributed by atoms with Crippen LogP contribution >= 0.6 is 0 Å². The lowest BCUT2D eigenvalue weighted by atomic mass is 9.88. The van der Waals surface area contributed by atoms with Crippen LogP contribution in [0.1, 0.15) is 27.8 Å². The van der Waals surface area contributed by atoms with Crippen LogP contribution in [0.4, 0.5) is 5.82 Å². The average molecular weight is 241 g/mol. The minimum Gasteiger partial charge on any atom is -0.384 e. The Morgan fingerprint density at radius 2 is 1.28 bits per heavy atom. The van der Waals surface area contributed by atoms with Gasteiger partial charge in [-0.1, -0.05) is 0 Å². The van der Waals surface area contributed by atoms with Crippen LogP contribution in [0.15, 0.2) is 12.4 Å². The number of aromatic nitrogens is 2. The Labute approximate surface area is 108 Å². The molecule has 0 aliphatic carbocycles. The first-order valence-corrected chi connectivity index (χ1v) is 6.08. The third-order valence-electron chi connectivity index (χ3n) is 3.94. The molecule has 94 valence electrons. The molecular weight excluding hydrogens is 222 g/mol.